The van der Waals surface area contributed by atoms with Crippen LogP contribution in [0, 0.1) is 0 Å². The van der Waals surface area contributed by atoms with Crippen LogP contribution < -0.4 is 4.70 Å². The van der Waals surface area contributed by atoms with E-state index >= 15 is 0 Å². The van der Waals surface area contributed by atoms with Gasteiger partial charge in [-0.3, -0.25) is 4.55 Å². The van der Waals surface area contributed by atoms with Gasteiger partial charge in [0, 0.05) is 0 Å². The van der Waals surface area contributed by atoms with Crippen LogP contribution in [0.3, 0.4) is 0 Å². The van der Waals surface area contributed by atoms with E-state index in [0.29, 0.717) is 6.42 Å². The van der Waals surface area contributed by atoms with Crippen LogP contribution in [0.1, 0.15) is 79.6 Å². The van der Waals surface area contributed by atoms with Crippen LogP contribution in [0.15, 0.2) is 0 Å². The monoisotopic (exact) mass is 357 g/mol. The fourth-order valence-corrected chi connectivity index (χ4v) is 3.15. The highest BCUT2D eigenvalue weighted by Crippen LogP contribution is 2.07. The van der Waals surface area contributed by atoms with Crippen molar-refractivity contribution in [1.82, 2.24) is 0 Å². The van der Waals surface area contributed by atoms with Gasteiger partial charge in [0.25, 0.3) is 10.1 Å². The fraction of sp³-hybridized carbons (Fsp3) is 1.00. The van der Waals surface area contributed by atoms with E-state index < -0.39 is 10.1 Å². The lowest BCUT2D eigenvalue weighted by atomic mass is 10.1. The number of unbranched alkanes of at least 4 members (excludes halogenated alkanes) is 6. The summed E-state index contributed by atoms with van der Waals surface area (Å²) < 4.78 is 30.4. The van der Waals surface area contributed by atoms with Gasteiger partial charge in [-0.25, -0.2) is 0 Å². The molecule has 4 nitrogen and oxygen atoms in total. The van der Waals surface area contributed by atoms with Gasteiger partial charge >= 0.3 is 0 Å². The topological polar surface area (TPSA) is 54.4 Å². The molecule has 0 amide bonds. The molecule has 0 radical (unpaired) electrons. The second-order valence-electron chi connectivity index (χ2n) is 6.01. The molecule has 0 aliphatic carbocycles. The number of rotatable bonds is 12. The van der Waals surface area contributed by atoms with Crippen molar-refractivity contribution in [3.8, 4) is 0 Å². The third-order valence-electron chi connectivity index (χ3n) is 4.69. The molecular weight excluding hydrogens is 317 g/mol. The lowest BCUT2D eigenvalue weighted by Gasteiger charge is -2.34. The van der Waals surface area contributed by atoms with Crippen LogP contribution in [0.2, 0.25) is 0 Å². The van der Waals surface area contributed by atoms with Crippen molar-refractivity contribution in [2.45, 2.75) is 79.6 Å². The Labute approximate surface area is 144 Å². The van der Waals surface area contributed by atoms with Crippen LogP contribution in [0.25, 0.3) is 0 Å². The molecular formula is C17H40FNO3S. The lowest BCUT2D eigenvalue weighted by Crippen LogP contribution is -3.00. The molecule has 0 heterocycles. The molecule has 0 spiro atoms. The Morgan fingerprint density at radius 3 is 1.30 bits per heavy atom. The summed E-state index contributed by atoms with van der Waals surface area (Å²) in [5.41, 5.74) is 0. The highest BCUT2D eigenvalue weighted by atomic mass is 32.2. The van der Waals surface area contributed by atoms with Crippen molar-refractivity contribution in [3.63, 3.8) is 0 Å². The maximum absolute atomic E-state index is 10.3. The third kappa shape index (κ3) is 18.0. The number of hydrogen-bond acceptors (Lipinski definition) is 2. The molecule has 0 atom stereocenters. The Morgan fingerprint density at radius 1 is 0.696 bits per heavy atom. The summed E-state index contributed by atoms with van der Waals surface area (Å²) in [6, 6.07) is 0. The summed E-state index contributed by atoms with van der Waals surface area (Å²) in [6.07, 6.45) is 7.48. The first-order valence-corrected chi connectivity index (χ1v) is 10.7. The first kappa shape index (κ1) is 27.6. The molecule has 0 saturated heterocycles. The highest BCUT2D eigenvalue weighted by Gasteiger charge is 2.16. The van der Waals surface area contributed by atoms with Crippen LogP contribution in [0.4, 0.5) is 0 Å². The maximum atomic E-state index is 10.3. The fourth-order valence-electron chi connectivity index (χ4n) is 2.58. The van der Waals surface area contributed by atoms with E-state index in [1.807, 2.05) is 0 Å². The molecule has 0 aromatic carbocycles. The quantitative estimate of drug-likeness (QED) is 0.327. The normalized spacial score (nSPS) is 11.4. The summed E-state index contributed by atoms with van der Waals surface area (Å²) >= 11 is 0. The van der Waals surface area contributed by atoms with Gasteiger partial charge in [0.1, 0.15) is 0 Å². The second-order valence-corrected chi connectivity index (χ2v) is 7.59. The van der Waals surface area contributed by atoms with Crippen molar-refractivity contribution >= 4 is 10.1 Å². The zero-order valence-electron chi connectivity index (χ0n) is 16.0. The van der Waals surface area contributed by atoms with E-state index in [9.17, 15) is 8.42 Å². The smallest absolute Gasteiger partial charge is 0.264 e. The van der Waals surface area contributed by atoms with Crippen LogP contribution in [-0.2, 0) is 10.1 Å². The van der Waals surface area contributed by atoms with Crippen molar-refractivity contribution in [3.05, 3.63) is 0 Å². The molecule has 0 aromatic rings. The van der Waals surface area contributed by atoms with Gasteiger partial charge in [-0.05, 0) is 34.1 Å². The Kier molecular flexibility index (Phi) is 20.0. The summed E-state index contributed by atoms with van der Waals surface area (Å²) in [5, 5.41) is 0. The Balaban J connectivity index is -0.000000354. The van der Waals surface area contributed by atoms with Crippen molar-refractivity contribution in [2.75, 3.05) is 31.9 Å². The molecule has 0 aromatic heterocycles. The Morgan fingerprint density at radius 2 is 1.04 bits per heavy atom. The van der Waals surface area contributed by atoms with Crippen LogP contribution in [0.5, 0.6) is 0 Å². The van der Waals surface area contributed by atoms with Gasteiger partial charge in [-0.2, -0.15) is 8.42 Å². The van der Waals surface area contributed by atoms with Crippen molar-refractivity contribution in [2.24, 2.45) is 0 Å². The van der Waals surface area contributed by atoms with E-state index in [4.69, 9.17) is 4.55 Å². The van der Waals surface area contributed by atoms with E-state index in [0.717, 1.165) is 12.8 Å². The molecule has 0 aliphatic rings. The summed E-state index contributed by atoms with van der Waals surface area (Å²) in [7, 11) is -3.72. The standard InChI is InChI=1S/C9H20O3S.C8H20N.FH/c1-2-3-4-5-6-7-8-9-13(10,11)12;1-5-9(6-2,7-3)8-4;/h2-9H2,1H3,(H,10,11,12);5-8H2,1-4H3;1H/q;+1;/p-1. The number of halogens is 1. The Bertz CT molecular complexity index is 313. The first-order chi connectivity index (χ1) is 10.3. The second kappa shape index (κ2) is 16.7. The highest BCUT2D eigenvalue weighted by molar-refractivity contribution is 7.85. The van der Waals surface area contributed by atoms with Crippen LogP contribution >= 0.6 is 0 Å². The van der Waals surface area contributed by atoms with Gasteiger partial charge in [0.05, 0.1) is 31.9 Å². The number of nitrogens with zero attached hydrogens (tertiary/aromatic N) is 1. The molecule has 0 rings (SSSR count). The average Bonchev–Trinajstić information content (AvgIpc) is 2.49. The lowest BCUT2D eigenvalue weighted by molar-refractivity contribution is -0.921. The van der Waals surface area contributed by atoms with Gasteiger partial charge < -0.3 is 9.19 Å². The van der Waals surface area contributed by atoms with Crippen molar-refractivity contribution < 1.29 is 22.2 Å². The first-order valence-electron chi connectivity index (χ1n) is 9.11. The zero-order valence-corrected chi connectivity index (χ0v) is 16.8. The Hall–Kier alpha value is -0.200. The molecule has 6 heteroatoms. The molecule has 0 aliphatic heterocycles. The van der Waals surface area contributed by atoms with E-state index in [1.165, 1.54) is 56.3 Å². The largest absolute Gasteiger partial charge is 1.00 e. The maximum Gasteiger partial charge on any atom is 0.264 e. The predicted octanol–water partition coefficient (Wildman–Crippen LogP) is 1.51. The number of hydrogen-bond donors (Lipinski definition) is 1. The molecule has 23 heavy (non-hydrogen) atoms. The summed E-state index contributed by atoms with van der Waals surface area (Å²) in [4.78, 5) is 0. The average molecular weight is 358 g/mol. The summed E-state index contributed by atoms with van der Waals surface area (Å²) in [6.45, 7) is 16.4. The van der Waals surface area contributed by atoms with E-state index in [1.54, 1.807) is 0 Å². The molecule has 0 unspecified atom stereocenters. The van der Waals surface area contributed by atoms with Gasteiger partial charge in [0.2, 0.25) is 0 Å². The van der Waals surface area contributed by atoms with Gasteiger partial charge in [-0.15, -0.1) is 0 Å². The minimum absolute atomic E-state index is 0. The molecule has 144 valence electrons. The van der Waals surface area contributed by atoms with Gasteiger partial charge in [0.15, 0.2) is 0 Å². The van der Waals surface area contributed by atoms with E-state index in [-0.39, 0.29) is 10.5 Å². The van der Waals surface area contributed by atoms with E-state index in [2.05, 4.69) is 34.6 Å². The zero-order chi connectivity index (χ0) is 17.5. The molecule has 1 N–H and O–H groups in total. The summed E-state index contributed by atoms with van der Waals surface area (Å²) in [5.74, 6) is -0.0826. The van der Waals surface area contributed by atoms with Crippen LogP contribution in [-0.4, -0.2) is 49.4 Å². The van der Waals surface area contributed by atoms with Crippen molar-refractivity contribution in [1.29, 1.82) is 0 Å². The minimum atomic E-state index is -3.72. The minimum Gasteiger partial charge on any atom is -1.00 e. The molecule has 0 fully saturated rings. The third-order valence-corrected chi connectivity index (χ3v) is 5.49. The molecule has 0 bridgehead atoms. The van der Waals surface area contributed by atoms with Gasteiger partial charge in [-0.1, -0.05) is 45.4 Å². The SMILES string of the molecule is CCCCCCCCCS(=O)(=O)O.CC[N+](CC)(CC)CC.[F-]. The number of quaternary nitrogens is 1. The predicted molar refractivity (Wildman–Crippen MR) is 96.8 cm³/mol. The molecule has 0 saturated carbocycles.